The number of nitriles is 1. The summed E-state index contributed by atoms with van der Waals surface area (Å²) in [6, 6.07) is 1.88. The molecule has 4 heteroatoms. The number of methoxy groups -OCH3 is 1. The van der Waals surface area contributed by atoms with Crippen LogP contribution in [-0.2, 0) is 9.53 Å². The van der Waals surface area contributed by atoms with Crippen LogP contribution in [0.25, 0.3) is 0 Å². The first-order valence-electron chi connectivity index (χ1n) is 3.13. The second kappa shape index (κ2) is 3.87. The highest BCUT2D eigenvalue weighted by Crippen LogP contribution is 2.15. The van der Waals surface area contributed by atoms with E-state index in [1.54, 1.807) is 6.92 Å². The van der Waals surface area contributed by atoms with E-state index in [2.05, 4.69) is 4.99 Å². The fourth-order valence-electron chi connectivity index (χ4n) is 0.531. The minimum Gasteiger partial charge on any atom is -0.378 e. The predicted octanol–water partition coefficient (Wildman–Crippen LogP) is 0.639. The molecular formula is C7H10N2O2. The molecule has 0 heterocycles. The Morgan fingerprint density at radius 3 is 2.55 bits per heavy atom. The van der Waals surface area contributed by atoms with Crippen molar-refractivity contribution in [1.82, 2.24) is 0 Å². The van der Waals surface area contributed by atoms with Crippen LogP contribution in [0.15, 0.2) is 4.99 Å². The van der Waals surface area contributed by atoms with E-state index in [9.17, 15) is 4.79 Å². The van der Waals surface area contributed by atoms with E-state index in [1.807, 2.05) is 6.07 Å². The van der Waals surface area contributed by atoms with Gasteiger partial charge in [-0.2, -0.15) is 10.3 Å². The molecule has 4 nitrogen and oxygen atoms in total. The summed E-state index contributed by atoms with van der Waals surface area (Å²) >= 11 is 0. The van der Waals surface area contributed by atoms with Gasteiger partial charge in [0.15, 0.2) is 5.54 Å². The predicted molar refractivity (Wildman–Crippen MR) is 38.6 cm³/mol. The van der Waals surface area contributed by atoms with Gasteiger partial charge < -0.3 is 4.74 Å². The van der Waals surface area contributed by atoms with E-state index < -0.39 is 11.6 Å². The summed E-state index contributed by atoms with van der Waals surface area (Å²) in [7, 11) is 1.46. The van der Waals surface area contributed by atoms with Crippen LogP contribution >= 0.6 is 0 Å². The zero-order valence-electron chi connectivity index (χ0n) is 6.79. The van der Waals surface area contributed by atoms with Crippen LogP contribution < -0.4 is 0 Å². The molecule has 0 aliphatic carbocycles. The van der Waals surface area contributed by atoms with Crippen LogP contribution in [0.4, 0.5) is 0 Å². The monoisotopic (exact) mass is 154 g/mol. The van der Waals surface area contributed by atoms with Crippen molar-refractivity contribution in [3.63, 3.8) is 0 Å². The molecule has 0 aliphatic rings. The van der Waals surface area contributed by atoms with E-state index in [-0.39, 0.29) is 0 Å². The maximum absolute atomic E-state index is 9.90. The van der Waals surface area contributed by atoms with Gasteiger partial charge in [0.1, 0.15) is 0 Å². The lowest BCUT2D eigenvalue weighted by Gasteiger charge is -2.20. The van der Waals surface area contributed by atoms with E-state index in [0.29, 0.717) is 0 Å². The molecule has 0 rings (SSSR count). The van der Waals surface area contributed by atoms with Crippen molar-refractivity contribution in [1.29, 1.82) is 5.26 Å². The molecule has 0 fully saturated rings. The van der Waals surface area contributed by atoms with Crippen molar-refractivity contribution in [3.05, 3.63) is 0 Å². The summed E-state index contributed by atoms with van der Waals surface area (Å²) in [6.45, 7) is 3.19. The van der Waals surface area contributed by atoms with Gasteiger partial charge in [0.25, 0.3) is 0 Å². The van der Waals surface area contributed by atoms with Gasteiger partial charge in [0.05, 0.1) is 12.2 Å². The molecule has 0 aromatic rings. The molecule has 2 atom stereocenters. The van der Waals surface area contributed by atoms with Crippen LogP contribution in [0.2, 0.25) is 0 Å². The Kier molecular flexibility index (Phi) is 3.46. The van der Waals surface area contributed by atoms with Crippen molar-refractivity contribution in [2.24, 2.45) is 4.99 Å². The third kappa shape index (κ3) is 2.15. The van der Waals surface area contributed by atoms with E-state index in [4.69, 9.17) is 10.00 Å². The second-order valence-electron chi connectivity index (χ2n) is 2.34. The minimum atomic E-state index is -1.11. The summed E-state index contributed by atoms with van der Waals surface area (Å²) in [5, 5.41) is 8.62. The molecule has 0 radical (unpaired) electrons. The van der Waals surface area contributed by atoms with Crippen molar-refractivity contribution in [3.8, 4) is 6.07 Å². The number of hydrogen-bond acceptors (Lipinski definition) is 4. The van der Waals surface area contributed by atoms with Crippen molar-refractivity contribution >= 4 is 6.08 Å². The van der Waals surface area contributed by atoms with Gasteiger partial charge in [0.2, 0.25) is 6.08 Å². The molecule has 0 aromatic carbocycles. The molecular weight excluding hydrogens is 144 g/mol. The van der Waals surface area contributed by atoms with Crippen LogP contribution in [-0.4, -0.2) is 24.8 Å². The van der Waals surface area contributed by atoms with Gasteiger partial charge >= 0.3 is 0 Å². The summed E-state index contributed by atoms with van der Waals surface area (Å²) in [4.78, 5) is 13.3. The van der Waals surface area contributed by atoms with Gasteiger partial charge in [-0.25, -0.2) is 4.79 Å². The van der Waals surface area contributed by atoms with Gasteiger partial charge in [-0.1, -0.05) is 0 Å². The first-order valence-corrected chi connectivity index (χ1v) is 3.13. The number of ether oxygens (including phenoxy) is 1. The van der Waals surface area contributed by atoms with E-state index in [0.717, 1.165) is 0 Å². The molecule has 11 heavy (non-hydrogen) atoms. The molecule has 0 aromatic heterocycles. The Hall–Kier alpha value is -1.17. The highest BCUT2D eigenvalue weighted by molar-refractivity contribution is 5.37. The van der Waals surface area contributed by atoms with Crippen molar-refractivity contribution in [2.75, 3.05) is 7.11 Å². The summed E-state index contributed by atoms with van der Waals surface area (Å²) in [5.74, 6) is 0. The molecule has 0 N–H and O–H groups in total. The number of carbonyl (C=O) groups excluding carboxylic acids is 1. The topological polar surface area (TPSA) is 62.4 Å². The Morgan fingerprint density at radius 2 is 2.27 bits per heavy atom. The van der Waals surface area contributed by atoms with Crippen molar-refractivity contribution in [2.45, 2.75) is 25.5 Å². The third-order valence-corrected chi connectivity index (χ3v) is 1.65. The highest BCUT2D eigenvalue weighted by Gasteiger charge is 2.30. The van der Waals surface area contributed by atoms with Gasteiger partial charge in [-0.3, -0.25) is 0 Å². The lowest BCUT2D eigenvalue weighted by atomic mass is 9.99. The maximum atomic E-state index is 9.90. The lowest BCUT2D eigenvalue weighted by molar-refractivity contribution is 0.0790. The lowest BCUT2D eigenvalue weighted by Crippen LogP contribution is -2.34. The van der Waals surface area contributed by atoms with Crippen molar-refractivity contribution < 1.29 is 9.53 Å². The Bertz CT molecular complexity index is 215. The Labute approximate surface area is 65.5 Å². The second-order valence-corrected chi connectivity index (χ2v) is 2.34. The van der Waals surface area contributed by atoms with E-state index >= 15 is 0 Å². The Morgan fingerprint density at radius 1 is 1.73 bits per heavy atom. The molecule has 60 valence electrons. The van der Waals surface area contributed by atoms with Crippen LogP contribution in [0, 0.1) is 11.3 Å². The first-order chi connectivity index (χ1) is 5.10. The summed E-state index contributed by atoms with van der Waals surface area (Å²) in [5.41, 5.74) is -1.11. The third-order valence-electron chi connectivity index (χ3n) is 1.65. The van der Waals surface area contributed by atoms with Gasteiger partial charge in [-0.15, -0.1) is 0 Å². The average molecular weight is 154 g/mol. The SMILES string of the molecule is COC(C)C(C)(C#N)N=C=O. The fraction of sp³-hybridized carbons (Fsp3) is 0.714. The molecule has 2 unspecified atom stereocenters. The van der Waals surface area contributed by atoms with Gasteiger partial charge in [-0.05, 0) is 13.8 Å². The molecule has 0 amide bonds. The normalized spacial score (nSPS) is 17.3. The van der Waals surface area contributed by atoms with Gasteiger partial charge in [0, 0.05) is 7.11 Å². The van der Waals surface area contributed by atoms with E-state index in [1.165, 1.54) is 20.1 Å². The standard InChI is InChI=1S/C7H10N2O2/c1-6(11-3)7(2,4-8)9-5-10/h6H,1-3H3. The number of hydrogen-bond donors (Lipinski definition) is 0. The highest BCUT2D eigenvalue weighted by atomic mass is 16.5. The fourth-order valence-corrected chi connectivity index (χ4v) is 0.531. The number of aliphatic imine (C=N–C) groups is 1. The first kappa shape index (κ1) is 9.83. The number of nitrogens with zero attached hydrogens (tertiary/aromatic N) is 2. The maximum Gasteiger partial charge on any atom is 0.236 e. The zero-order chi connectivity index (χ0) is 8.91. The number of rotatable bonds is 3. The molecule has 0 saturated carbocycles. The Balaban J connectivity index is 4.62. The number of isocyanates is 1. The van der Waals surface area contributed by atoms with Crippen LogP contribution in [0.1, 0.15) is 13.8 Å². The molecule has 0 spiro atoms. The zero-order valence-corrected chi connectivity index (χ0v) is 6.79. The quantitative estimate of drug-likeness (QED) is 0.442. The molecule has 0 saturated heterocycles. The summed E-state index contributed by atoms with van der Waals surface area (Å²) in [6.07, 6.45) is 0.939. The van der Waals surface area contributed by atoms with Crippen LogP contribution in [0.3, 0.4) is 0 Å². The minimum absolute atomic E-state index is 0.408. The average Bonchev–Trinajstić information content (AvgIpc) is 2.03. The smallest absolute Gasteiger partial charge is 0.236 e. The van der Waals surface area contributed by atoms with Crippen LogP contribution in [0.5, 0.6) is 0 Å². The summed E-state index contributed by atoms with van der Waals surface area (Å²) < 4.78 is 4.86. The largest absolute Gasteiger partial charge is 0.378 e. The molecule has 0 aliphatic heterocycles. The molecule has 0 bridgehead atoms.